The standard InChI is InChI=1S/C15H24N2O2S2/c1-12-7-8-17(13(2)11-12)21(18,19)10-9-20-15-5-3-14(16)4-6-15/h3-6,12-13H,7-11,16H2,1-2H3. The van der Waals surface area contributed by atoms with Crippen molar-refractivity contribution in [3.63, 3.8) is 0 Å². The largest absolute Gasteiger partial charge is 0.399 e. The molecule has 0 radical (unpaired) electrons. The van der Waals surface area contributed by atoms with E-state index in [4.69, 9.17) is 5.73 Å². The molecule has 21 heavy (non-hydrogen) atoms. The van der Waals surface area contributed by atoms with Crippen LogP contribution in [-0.4, -0.2) is 36.8 Å². The summed E-state index contributed by atoms with van der Waals surface area (Å²) in [5, 5.41) is 0. The lowest BCUT2D eigenvalue weighted by atomic mass is 9.95. The van der Waals surface area contributed by atoms with Gasteiger partial charge in [-0.05, 0) is 49.9 Å². The van der Waals surface area contributed by atoms with Gasteiger partial charge in [-0.15, -0.1) is 11.8 Å². The second kappa shape index (κ2) is 7.03. The predicted octanol–water partition coefficient (Wildman–Crippen LogP) is 2.81. The Morgan fingerprint density at radius 1 is 1.29 bits per heavy atom. The zero-order valence-corrected chi connectivity index (χ0v) is 14.3. The molecule has 118 valence electrons. The molecule has 0 amide bonds. The number of nitrogen functional groups attached to an aromatic ring is 1. The van der Waals surface area contributed by atoms with Crippen molar-refractivity contribution in [2.75, 3.05) is 23.8 Å². The summed E-state index contributed by atoms with van der Waals surface area (Å²) in [6.45, 7) is 4.87. The highest BCUT2D eigenvalue weighted by molar-refractivity contribution is 8.00. The van der Waals surface area contributed by atoms with E-state index in [1.165, 1.54) is 0 Å². The van der Waals surface area contributed by atoms with Gasteiger partial charge in [0.2, 0.25) is 10.0 Å². The van der Waals surface area contributed by atoms with Gasteiger partial charge in [0.05, 0.1) is 5.75 Å². The third-order valence-corrected chi connectivity index (χ3v) is 7.17. The summed E-state index contributed by atoms with van der Waals surface area (Å²) in [5.74, 6) is 1.39. The van der Waals surface area contributed by atoms with Crippen LogP contribution < -0.4 is 5.73 Å². The normalized spacial score (nSPS) is 24.1. The van der Waals surface area contributed by atoms with E-state index in [1.54, 1.807) is 16.1 Å². The third-order valence-electron chi connectivity index (χ3n) is 3.92. The van der Waals surface area contributed by atoms with E-state index in [0.717, 1.165) is 23.4 Å². The Bertz CT molecular complexity index is 558. The quantitative estimate of drug-likeness (QED) is 0.667. The van der Waals surface area contributed by atoms with Gasteiger partial charge in [-0.2, -0.15) is 4.31 Å². The highest BCUT2D eigenvalue weighted by Crippen LogP contribution is 2.26. The van der Waals surface area contributed by atoms with E-state index in [1.807, 2.05) is 31.2 Å². The van der Waals surface area contributed by atoms with Crippen LogP contribution in [0.25, 0.3) is 0 Å². The van der Waals surface area contributed by atoms with E-state index in [-0.39, 0.29) is 11.8 Å². The van der Waals surface area contributed by atoms with Crippen molar-refractivity contribution in [3.8, 4) is 0 Å². The van der Waals surface area contributed by atoms with E-state index in [9.17, 15) is 8.42 Å². The fourth-order valence-corrected chi connectivity index (χ4v) is 5.74. The molecule has 0 bridgehead atoms. The molecule has 4 nitrogen and oxygen atoms in total. The van der Waals surface area contributed by atoms with Crippen molar-refractivity contribution < 1.29 is 8.42 Å². The van der Waals surface area contributed by atoms with Gasteiger partial charge >= 0.3 is 0 Å². The molecule has 0 saturated carbocycles. The van der Waals surface area contributed by atoms with Crippen LogP contribution in [0.1, 0.15) is 26.7 Å². The molecule has 1 saturated heterocycles. The van der Waals surface area contributed by atoms with Gasteiger partial charge in [0, 0.05) is 28.9 Å². The number of benzene rings is 1. The first kappa shape index (κ1) is 16.6. The maximum Gasteiger partial charge on any atom is 0.215 e. The minimum absolute atomic E-state index is 0.125. The Kier molecular flexibility index (Phi) is 5.57. The molecular weight excluding hydrogens is 304 g/mol. The minimum atomic E-state index is -3.15. The highest BCUT2D eigenvalue weighted by Gasteiger charge is 2.31. The average molecular weight is 329 g/mol. The first-order valence-electron chi connectivity index (χ1n) is 7.36. The fraction of sp³-hybridized carbons (Fsp3) is 0.600. The molecule has 2 N–H and O–H groups in total. The Balaban J connectivity index is 1.88. The first-order valence-corrected chi connectivity index (χ1v) is 9.96. The van der Waals surface area contributed by atoms with Gasteiger partial charge in [-0.25, -0.2) is 8.42 Å². The van der Waals surface area contributed by atoms with Crippen molar-refractivity contribution in [2.45, 2.75) is 37.6 Å². The van der Waals surface area contributed by atoms with Gasteiger partial charge in [0.1, 0.15) is 0 Å². The second-order valence-electron chi connectivity index (χ2n) is 5.82. The Hall–Kier alpha value is -0.720. The summed E-state index contributed by atoms with van der Waals surface area (Å²) in [7, 11) is -3.15. The third kappa shape index (κ3) is 4.63. The van der Waals surface area contributed by atoms with E-state index >= 15 is 0 Å². The number of rotatable bonds is 5. The van der Waals surface area contributed by atoms with Crippen molar-refractivity contribution in [1.29, 1.82) is 0 Å². The zero-order valence-electron chi connectivity index (χ0n) is 12.7. The minimum Gasteiger partial charge on any atom is -0.399 e. The van der Waals surface area contributed by atoms with Gasteiger partial charge in [-0.1, -0.05) is 6.92 Å². The van der Waals surface area contributed by atoms with E-state index in [2.05, 4.69) is 6.92 Å². The van der Waals surface area contributed by atoms with Crippen LogP contribution in [0.4, 0.5) is 5.69 Å². The maximum atomic E-state index is 12.4. The van der Waals surface area contributed by atoms with Crippen LogP contribution in [-0.2, 0) is 10.0 Å². The monoisotopic (exact) mass is 328 g/mol. The lowest BCUT2D eigenvalue weighted by Gasteiger charge is -2.35. The molecule has 6 heteroatoms. The summed E-state index contributed by atoms with van der Waals surface area (Å²) in [5.41, 5.74) is 6.36. The molecule has 0 aromatic heterocycles. The molecule has 2 rings (SSSR count). The molecule has 2 atom stereocenters. The molecule has 1 aliphatic heterocycles. The number of thioether (sulfide) groups is 1. The van der Waals surface area contributed by atoms with Crippen LogP contribution in [0.3, 0.4) is 0 Å². The number of hydrogen-bond donors (Lipinski definition) is 1. The molecular formula is C15H24N2O2S2. The smallest absolute Gasteiger partial charge is 0.215 e. The molecule has 2 unspecified atom stereocenters. The SMILES string of the molecule is CC1CCN(S(=O)(=O)CCSc2ccc(N)cc2)C(C)C1. The second-order valence-corrected chi connectivity index (χ2v) is 9.03. The highest BCUT2D eigenvalue weighted by atomic mass is 32.2. The van der Waals surface area contributed by atoms with Crippen LogP contribution >= 0.6 is 11.8 Å². The van der Waals surface area contributed by atoms with Gasteiger partial charge < -0.3 is 5.73 Å². The molecule has 1 aliphatic rings. The number of nitrogens with zero attached hydrogens (tertiary/aromatic N) is 1. The lowest BCUT2D eigenvalue weighted by Crippen LogP contribution is -2.45. The fourth-order valence-electron chi connectivity index (χ4n) is 2.75. The van der Waals surface area contributed by atoms with Crippen LogP contribution in [0.2, 0.25) is 0 Å². The van der Waals surface area contributed by atoms with Crippen molar-refractivity contribution in [2.24, 2.45) is 5.92 Å². The number of anilines is 1. The van der Waals surface area contributed by atoms with Crippen molar-refractivity contribution in [1.82, 2.24) is 4.31 Å². The summed E-state index contributed by atoms with van der Waals surface area (Å²) >= 11 is 1.56. The Morgan fingerprint density at radius 2 is 1.95 bits per heavy atom. The van der Waals surface area contributed by atoms with Gasteiger partial charge in [0.25, 0.3) is 0 Å². The summed E-state index contributed by atoms with van der Waals surface area (Å²) in [6, 6.07) is 7.66. The summed E-state index contributed by atoms with van der Waals surface area (Å²) in [4.78, 5) is 1.06. The molecule has 0 spiro atoms. The lowest BCUT2D eigenvalue weighted by molar-refractivity contribution is 0.220. The first-order chi connectivity index (χ1) is 9.88. The van der Waals surface area contributed by atoms with Gasteiger partial charge in [0.15, 0.2) is 0 Å². The Morgan fingerprint density at radius 3 is 2.57 bits per heavy atom. The van der Waals surface area contributed by atoms with Gasteiger partial charge in [-0.3, -0.25) is 0 Å². The molecule has 0 aliphatic carbocycles. The molecule has 1 aromatic rings. The average Bonchev–Trinajstić information content (AvgIpc) is 2.40. The molecule has 1 fully saturated rings. The van der Waals surface area contributed by atoms with Crippen LogP contribution in [0.5, 0.6) is 0 Å². The number of sulfonamides is 1. The Labute approximate surface area is 132 Å². The van der Waals surface area contributed by atoms with Crippen LogP contribution in [0, 0.1) is 5.92 Å². The number of hydrogen-bond acceptors (Lipinski definition) is 4. The molecule has 1 aromatic carbocycles. The van der Waals surface area contributed by atoms with Crippen molar-refractivity contribution in [3.05, 3.63) is 24.3 Å². The molecule has 1 heterocycles. The van der Waals surface area contributed by atoms with E-state index in [0.29, 0.717) is 18.2 Å². The van der Waals surface area contributed by atoms with E-state index < -0.39 is 10.0 Å². The maximum absolute atomic E-state index is 12.4. The summed E-state index contributed by atoms with van der Waals surface area (Å²) < 4.78 is 26.6. The van der Waals surface area contributed by atoms with Crippen molar-refractivity contribution >= 4 is 27.5 Å². The number of nitrogens with two attached hydrogens (primary N) is 1. The van der Waals surface area contributed by atoms with Crippen LogP contribution in [0.15, 0.2) is 29.2 Å². The predicted molar refractivity (Wildman–Crippen MR) is 89.9 cm³/mol. The zero-order chi connectivity index (χ0) is 15.5. The topological polar surface area (TPSA) is 63.4 Å². The summed E-state index contributed by atoms with van der Waals surface area (Å²) in [6.07, 6.45) is 1.93. The number of piperidine rings is 1.